The van der Waals surface area contributed by atoms with Gasteiger partial charge in [-0.3, -0.25) is 4.68 Å². The van der Waals surface area contributed by atoms with Gasteiger partial charge >= 0.3 is 0 Å². The van der Waals surface area contributed by atoms with Crippen molar-refractivity contribution >= 4 is 29.9 Å². The highest BCUT2D eigenvalue weighted by atomic mass is 127. The van der Waals surface area contributed by atoms with E-state index in [9.17, 15) is 0 Å². The number of furan rings is 1. The Morgan fingerprint density at radius 2 is 1.90 bits per heavy atom. The molecule has 1 atom stereocenters. The first-order valence-electron chi connectivity index (χ1n) is 10.8. The summed E-state index contributed by atoms with van der Waals surface area (Å²) in [4.78, 5) is 4.92. The molecule has 0 aliphatic carbocycles. The minimum absolute atomic E-state index is 0. The summed E-state index contributed by atoms with van der Waals surface area (Å²) in [7, 11) is 2.02. The molecule has 0 bridgehead atoms. The summed E-state index contributed by atoms with van der Waals surface area (Å²) in [6, 6.07) is 14.5. The number of hydrogen-bond acceptors (Lipinski definition) is 3. The van der Waals surface area contributed by atoms with E-state index in [1.54, 1.807) is 6.26 Å². The Labute approximate surface area is 202 Å². The minimum Gasteiger partial charge on any atom is -0.469 e. The molecule has 31 heavy (non-hydrogen) atoms. The van der Waals surface area contributed by atoms with Gasteiger partial charge < -0.3 is 15.1 Å². The number of aliphatic imine (C=N–C) groups is 1. The van der Waals surface area contributed by atoms with Crippen LogP contribution in [0.25, 0.3) is 0 Å². The van der Waals surface area contributed by atoms with Gasteiger partial charge in [0.2, 0.25) is 0 Å². The van der Waals surface area contributed by atoms with Crippen LogP contribution in [0, 0.1) is 0 Å². The van der Waals surface area contributed by atoms with Crippen molar-refractivity contribution in [3.63, 3.8) is 0 Å². The molecule has 1 aromatic carbocycles. The van der Waals surface area contributed by atoms with Gasteiger partial charge in [0, 0.05) is 31.3 Å². The van der Waals surface area contributed by atoms with E-state index in [4.69, 9.17) is 9.41 Å². The molecule has 3 rings (SSSR count). The molecule has 6 nitrogen and oxygen atoms in total. The molecular formula is C24H34IN5O. The summed E-state index contributed by atoms with van der Waals surface area (Å²) in [5.41, 5.74) is 4.84. The lowest BCUT2D eigenvalue weighted by atomic mass is 10.1. The number of guanidine groups is 1. The van der Waals surface area contributed by atoms with E-state index >= 15 is 0 Å². The zero-order chi connectivity index (χ0) is 21.3. The van der Waals surface area contributed by atoms with Crippen LogP contribution in [-0.4, -0.2) is 22.3 Å². The zero-order valence-corrected chi connectivity index (χ0v) is 21.2. The van der Waals surface area contributed by atoms with Gasteiger partial charge in [0.15, 0.2) is 5.96 Å². The second kappa shape index (κ2) is 12.5. The smallest absolute Gasteiger partial charge is 0.192 e. The number of halogens is 1. The van der Waals surface area contributed by atoms with Crippen LogP contribution in [0.15, 0.2) is 58.1 Å². The van der Waals surface area contributed by atoms with Crippen LogP contribution in [0.3, 0.4) is 0 Å². The van der Waals surface area contributed by atoms with E-state index in [1.807, 2.05) is 29.9 Å². The lowest BCUT2D eigenvalue weighted by Crippen LogP contribution is -2.39. The third kappa shape index (κ3) is 6.85. The summed E-state index contributed by atoms with van der Waals surface area (Å²) in [5, 5.41) is 11.7. The second-order valence-corrected chi connectivity index (χ2v) is 7.40. The van der Waals surface area contributed by atoms with Crippen LogP contribution in [0.4, 0.5) is 0 Å². The van der Waals surface area contributed by atoms with Crippen molar-refractivity contribution in [1.29, 1.82) is 0 Å². The first kappa shape index (κ1) is 25.0. The van der Waals surface area contributed by atoms with Crippen molar-refractivity contribution in [2.75, 3.05) is 6.54 Å². The maximum absolute atomic E-state index is 5.45. The molecule has 0 fully saturated rings. The number of nitrogens with one attached hydrogen (secondary N) is 2. The molecule has 0 saturated heterocycles. The van der Waals surface area contributed by atoms with E-state index in [-0.39, 0.29) is 30.0 Å². The summed E-state index contributed by atoms with van der Waals surface area (Å²) < 4.78 is 7.44. The van der Waals surface area contributed by atoms with E-state index in [0.29, 0.717) is 6.54 Å². The Morgan fingerprint density at radius 3 is 2.55 bits per heavy atom. The summed E-state index contributed by atoms with van der Waals surface area (Å²) >= 11 is 0. The van der Waals surface area contributed by atoms with Gasteiger partial charge in [0.25, 0.3) is 0 Å². The van der Waals surface area contributed by atoms with E-state index in [0.717, 1.165) is 43.2 Å². The Morgan fingerprint density at radius 1 is 1.13 bits per heavy atom. The highest BCUT2D eigenvalue weighted by Crippen LogP contribution is 2.17. The molecule has 0 radical (unpaired) electrons. The molecule has 0 aliphatic heterocycles. The number of benzene rings is 1. The molecular weight excluding hydrogens is 501 g/mol. The molecule has 7 heteroatoms. The minimum atomic E-state index is 0. The highest BCUT2D eigenvalue weighted by molar-refractivity contribution is 14.0. The SMILES string of the molecule is CCc1nn(C)c(CC)c1CN=C(NCCc1ccco1)NC(C)c1ccccc1.I. The van der Waals surface area contributed by atoms with E-state index in [2.05, 4.69) is 60.8 Å². The molecule has 168 valence electrons. The van der Waals surface area contributed by atoms with E-state index < -0.39 is 0 Å². The second-order valence-electron chi connectivity index (χ2n) is 7.40. The average Bonchev–Trinajstić information content (AvgIpc) is 3.39. The molecule has 0 saturated carbocycles. The van der Waals surface area contributed by atoms with Gasteiger partial charge in [-0.1, -0.05) is 44.2 Å². The quantitative estimate of drug-likeness (QED) is 0.235. The number of hydrogen-bond donors (Lipinski definition) is 2. The Balaban J connectivity index is 0.00000341. The van der Waals surface area contributed by atoms with Gasteiger partial charge in [0.05, 0.1) is 24.5 Å². The largest absolute Gasteiger partial charge is 0.469 e. The molecule has 0 spiro atoms. The molecule has 3 aromatic rings. The maximum atomic E-state index is 5.45. The molecule has 0 aliphatic rings. The summed E-state index contributed by atoms with van der Waals surface area (Å²) in [5.74, 6) is 1.76. The van der Waals surface area contributed by atoms with Crippen LogP contribution < -0.4 is 10.6 Å². The van der Waals surface area contributed by atoms with Crippen LogP contribution in [0.5, 0.6) is 0 Å². The summed E-state index contributed by atoms with van der Waals surface area (Å²) in [6.45, 7) is 7.82. The number of aromatic nitrogens is 2. The fourth-order valence-electron chi connectivity index (χ4n) is 3.67. The molecule has 0 amide bonds. The van der Waals surface area contributed by atoms with Gasteiger partial charge in [-0.15, -0.1) is 24.0 Å². The van der Waals surface area contributed by atoms with Crippen molar-refractivity contribution in [2.24, 2.45) is 12.0 Å². The predicted octanol–water partition coefficient (Wildman–Crippen LogP) is 4.80. The number of rotatable bonds is 9. The summed E-state index contributed by atoms with van der Waals surface area (Å²) in [6.07, 6.45) is 4.37. The first-order chi connectivity index (χ1) is 14.6. The Bertz CT molecular complexity index is 935. The number of nitrogens with zero attached hydrogens (tertiary/aromatic N) is 3. The van der Waals surface area contributed by atoms with Crippen LogP contribution in [-0.2, 0) is 32.9 Å². The van der Waals surface area contributed by atoms with Crippen molar-refractivity contribution in [2.45, 2.75) is 52.6 Å². The lowest BCUT2D eigenvalue weighted by Gasteiger charge is -2.19. The van der Waals surface area contributed by atoms with Gasteiger partial charge in [-0.25, -0.2) is 4.99 Å². The average molecular weight is 535 g/mol. The van der Waals surface area contributed by atoms with Crippen molar-refractivity contribution in [3.05, 3.63) is 77.0 Å². The third-order valence-corrected chi connectivity index (χ3v) is 5.32. The third-order valence-electron chi connectivity index (χ3n) is 5.32. The lowest BCUT2D eigenvalue weighted by molar-refractivity contribution is 0.506. The molecule has 2 N–H and O–H groups in total. The van der Waals surface area contributed by atoms with Gasteiger partial charge in [0.1, 0.15) is 5.76 Å². The van der Waals surface area contributed by atoms with Crippen molar-refractivity contribution in [1.82, 2.24) is 20.4 Å². The van der Waals surface area contributed by atoms with Crippen molar-refractivity contribution in [3.8, 4) is 0 Å². The molecule has 2 aromatic heterocycles. The fourth-order valence-corrected chi connectivity index (χ4v) is 3.67. The zero-order valence-electron chi connectivity index (χ0n) is 18.9. The normalized spacial score (nSPS) is 12.3. The van der Waals surface area contributed by atoms with Crippen molar-refractivity contribution < 1.29 is 4.42 Å². The maximum Gasteiger partial charge on any atom is 0.192 e. The molecule has 1 unspecified atom stereocenters. The first-order valence-corrected chi connectivity index (χ1v) is 10.8. The fraction of sp³-hybridized carbons (Fsp3) is 0.417. The molecule has 2 heterocycles. The van der Waals surface area contributed by atoms with Crippen LogP contribution >= 0.6 is 24.0 Å². The van der Waals surface area contributed by atoms with E-state index in [1.165, 1.54) is 16.8 Å². The van der Waals surface area contributed by atoms with Gasteiger partial charge in [-0.2, -0.15) is 5.10 Å². The van der Waals surface area contributed by atoms with Crippen LogP contribution in [0.1, 0.15) is 55.1 Å². The predicted molar refractivity (Wildman–Crippen MR) is 137 cm³/mol. The highest BCUT2D eigenvalue weighted by Gasteiger charge is 2.14. The topological polar surface area (TPSA) is 67.4 Å². The Hall–Kier alpha value is -2.29. The Kier molecular flexibility index (Phi) is 10.1. The standard InChI is InChI=1S/C24H33N5O.HI/c1-5-22-21(23(6-2)29(4)28-22)17-26-24(25-15-14-20-13-10-16-30-20)27-18(3)19-11-8-7-9-12-19;/h7-13,16,18H,5-6,14-15,17H2,1-4H3,(H2,25,26,27);1H. The number of aryl methyl sites for hydroxylation is 2. The monoisotopic (exact) mass is 535 g/mol. The van der Waals surface area contributed by atoms with Gasteiger partial charge in [-0.05, 0) is 37.5 Å². The van der Waals surface area contributed by atoms with Crippen LogP contribution in [0.2, 0.25) is 0 Å².